The van der Waals surface area contributed by atoms with Crippen LogP contribution in [0, 0.1) is 17.8 Å². The summed E-state index contributed by atoms with van der Waals surface area (Å²) in [5, 5.41) is 8.22. The fourth-order valence-corrected chi connectivity index (χ4v) is 6.69. The highest BCUT2D eigenvalue weighted by atomic mass is 32.1. The summed E-state index contributed by atoms with van der Waals surface area (Å²) < 4.78 is 0. The molecule has 6 rings (SSSR count). The van der Waals surface area contributed by atoms with Crippen LogP contribution in [-0.2, 0) is 4.79 Å². The van der Waals surface area contributed by atoms with Crippen LogP contribution in [0.1, 0.15) is 53.8 Å². The molecule has 4 saturated carbocycles. The van der Waals surface area contributed by atoms with Crippen molar-refractivity contribution in [3.63, 3.8) is 0 Å². The second-order valence-electron chi connectivity index (χ2n) is 9.05. The number of amides is 2. The first-order chi connectivity index (χ1) is 14.1. The maximum Gasteiger partial charge on any atom is 0.268 e. The molecule has 0 spiro atoms. The Morgan fingerprint density at radius 3 is 2.17 bits per heavy atom. The summed E-state index contributed by atoms with van der Waals surface area (Å²) >= 11 is 1.55. The minimum Gasteiger partial charge on any atom is -0.345 e. The van der Waals surface area contributed by atoms with Gasteiger partial charge in [-0.3, -0.25) is 9.59 Å². The molecule has 0 aliphatic heterocycles. The molecule has 2 amide bonds. The van der Waals surface area contributed by atoms with Gasteiger partial charge in [0, 0.05) is 16.0 Å². The fourth-order valence-electron chi connectivity index (χ4n) is 6.03. The maximum absolute atomic E-state index is 13.3. The van der Waals surface area contributed by atoms with E-state index in [0.717, 1.165) is 41.9 Å². The smallest absolute Gasteiger partial charge is 0.268 e. The van der Waals surface area contributed by atoms with E-state index in [1.165, 1.54) is 19.3 Å². The van der Waals surface area contributed by atoms with Crippen LogP contribution in [0.5, 0.6) is 0 Å². The van der Waals surface area contributed by atoms with Crippen LogP contribution < -0.4 is 10.6 Å². The van der Waals surface area contributed by atoms with Crippen LogP contribution in [0.2, 0.25) is 0 Å². The first-order valence-corrected chi connectivity index (χ1v) is 11.4. The van der Waals surface area contributed by atoms with Gasteiger partial charge >= 0.3 is 0 Å². The molecular weight excluding hydrogens is 380 g/mol. The number of benzene rings is 1. The van der Waals surface area contributed by atoms with Gasteiger partial charge < -0.3 is 10.6 Å². The lowest BCUT2D eigenvalue weighted by Gasteiger charge is -2.56. The molecule has 2 N–H and O–H groups in total. The van der Waals surface area contributed by atoms with Crippen LogP contribution >= 0.6 is 11.3 Å². The average molecular weight is 407 g/mol. The van der Waals surface area contributed by atoms with Crippen molar-refractivity contribution in [3.05, 3.63) is 64.0 Å². The zero-order chi connectivity index (χ0) is 19.8. The van der Waals surface area contributed by atoms with Gasteiger partial charge in [-0.25, -0.2) is 0 Å². The Hall–Kier alpha value is -2.40. The van der Waals surface area contributed by atoms with E-state index >= 15 is 0 Å². The molecule has 1 aromatic carbocycles. The minimum absolute atomic E-state index is 0.0855. The quantitative estimate of drug-likeness (QED) is 0.713. The molecule has 4 aliphatic rings. The van der Waals surface area contributed by atoms with Gasteiger partial charge in [0.1, 0.15) is 5.70 Å². The molecule has 1 heterocycles. The van der Waals surface area contributed by atoms with Crippen molar-refractivity contribution in [2.75, 3.05) is 0 Å². The van der Waals surface area contributed by atoms with Crippen molar-refractivity contribution < 1.29 is 9.59 Å². The second kappa shape index (κ2) is 7.45. The summed E-state index contributed by atoms with van der Waals surface area (Å²) in [6.45, 7) is 0. The zero-order valence-electron chi connectivity index (χ0n) is 16.4. The van der Waals surface area contributed by atoms with Crippen LogP contribution in [-0.4, -0.2) is 17.4 Å². The molecule has 0 radical (unpaired) electrons. The van der Waals surface area contributed by atoms with Crippen molar-refractivity contribution >= 4 is 29.2 Å². The number of hydrogen-bond acceptors (Lipinski definition) is 3. The Kier molecular flexibility index (Phi) is 4.78. The summed E-state index contributed by atoms with van der Waals surface area (Å²) in [7, 11) is 0. The molecule has 150 valence electrons. The maximum atomic E-state index is 13.3. The van der Waals surface area contributed by atoms with E-state index in [4.69, 9.17) is 0 Å². The fraction of sp³-hybridized carbons (Fsp3) is 0.417. The normalized spacial score (nSPS) is 30.2. The monoisotopic (exact) mass is 406 g/mol. The molecule has 4 bridgehead atoms. The Morgan fingerprint density at radius 1 is 0.931 bits per heavy atom. The predicted octanol–water partition coefficient (Wildman–Crippen LogP) is 4.60. The number of nitrogens with one attached hydrogen (secondary N) is 2. The van der Waals surface area contributed by atoms with E-state index < -0.39 is 0 Å². The van der Waals surface area contributed by atoms with Gasteiger partial charge in [-0.1, -0.05) is 24.3 Å². The SMILES string of the molecule is O=C(NC12CC3CC(CC(C3)C1)C2)/C(=C/c1cccs1)NC(=O)c1ccccc1. The molecule has 29 heavy (non-hydrogen) atoms. The summed E-state index contributed by atoms with van der Waals surface area (Å²) in [4.78, 5) is 27.0. The number of rotatable bonds is 5. The molecule has 4 nitrogen and oxygen atoms in total. The van der Waals surface area contributed by atoms with Crippen molar-refractivity contribution in [2.24, 2.45) is 17.8 Å². The van der Waals surface area contributed by atoms with E-state index in [1.54, 1.807) is 29.5 Å². The molecule has 4 aliphatic carbocycles. The van der Waals surface area contributed by atoms with Crippen molar-refractivity contribution in [2.45, 2.75) is 44.1 Å². The highest BCUT2D eigenvalue weighted by molar-refractivity contribution is 7.10. The largest absolute Gasteiger partial charge is 0.345 e. The summed E-state index contributed by atoms with van der Waals surface area (Å²) in [5.41, 5.74) is 0.793. The lowest BCUT2D eigenvalue weighted by Crippen LogP contribution is -2.60. The Morgan fingerprint density at radius 2 is 1.59 bits per heavy atom. The Bertz CT molecular complexity index is 898. The lowest BCUT2D eigenvalue weighted by atomic mass is 9.53. The van der Waals surface area contributed by atoms with Gasteiger partial charge in [-0.2, -0.15) is 0 Å². The summed E-state index contributed by atoms with van der Waals surface area (Å²) in [6, 6.07) is 12.9. The first kappa shape index (κ1) is 18.6. The van der Waals surface area contributed by atoms with E-state index in [2.05, 4.69) is 10.6 Å². The van der Waals surface area contributed by atoms with Gasteiger partial charge in [-0.05, 0) is 85.9 Å². The van der Waals surface area contributed by atoms with Crippen molar-refractivity contribution in [1.29, 1.82) is 0 Å². The number of carbonyl (C=O) groups is 2. The van der Waals surface area contributed by atoms with E-state index in [9.17, 15) is 9.59 Å². The van der Waals surface area contributed by atoms with E-state index in [0.29, 0.717) is 11.3 Å². The third kappa shape index (κ3) is 3.88. The minimum atomic E-state index is -0.255. The predicted molar refractivity (Wildman–Crippen MR) is 115 cm³/mol. The van der Waals surface area contributed by atoms with E-state index in [-0.39, 0.29) is 17.4 Å². The van der Waals surface area contributed by atoms with Gasteiger partial charge in [0.25, 0.3) is 11.8 Å². The molecule has 0 saturated heterocycles. The topological polar surface area (TPSA) is 58.2 Å². The molecule has 4 fully saturated rings. The second-order valence-corrected chi connectivity index (χ2v) is 10.0. The van der Waals surface area contributed by atoms with Crippen molar-refractivity contribution in [3.8, 4) is 0 Å². The Labute approximate surface area is 175 Å². The van der Waals surface area contributed by atoms with E-state index in [1.807, 2.05) is 35.7 Å². The molecule has 0 unspecified atom stereocenters. The van der Waals surface area contributed by atoms with Crippen LogP contribution in [0.3, 0.4) is 0 Å². The van der Waals surface area contributed by atoms with Crippen LogP contribution in [0.4, 0.5) is 0 Å². The van der Waals surface area contributed by atoms with Gasteiger partial charge in [0.2, 0.25) is 0 Å². The Balaban J connectivity index is 1.38. The molecule has 1 aromatic heterocycles. The number of hydrogen-bond donors (Lipinski definition) is 2. The molecule has 5 heteroatoms. The molecule has 0 atom stereocenters. The zero-order valence-corrected chi connectivity index (χ0v) is 17.2. The van der Waals surface area contributed by atoms with Crippen LogP contribution in [0.25, 0.3) is 6.08 Å². The average Bonchev–Trinajstić information content (AvgIpc) is 3.20. The van der Waals surface area contributed by atoms with Gasteiger partial charge in [0.05, 0.1) is 0 Å². The highest BCUT2D eigenvalue weighted by Crippen LogP contribution is 2.55. The van der Waals surface area contributed by atoms with Gasteiger partial charge in [0.15, 0.2) is 0 Å². The molecular formula is C24H26N2O2S. The highest BCUT2D eigenvalue weighted by Gasteiger charge is 2.51. The first-order valence-electron chi connectivity index (χ1n) is 10.5. The number of carbonyl (C=O) groups excluding carboxylic acids is 2. The lowest BCUT2D eigenvalue weighted by molar-refractivity contribution is -0.123. The van der Waals surface area contributed by atoms with Crippen LogP contribution in [0.15, 0.2) is 53.5 Å². The number of thiophene rings is 1. The summed E-state index contributed by atoms with van der Waals surface area (Å²) in [5.74, 6) is 1.85. The third-order valence-electron chi connectivity index (χ3n) is 6.78. The molecule has 2 aromatic rings. The standard InChI is InChI=1S/C24H26N2O2S/c27-22(19-5-2-1-3-6-19)25-21(12-20-7-4-8-29-20)23(28)26-24-13-16-9-17(14-24)11-18(10-16)15-24/h1-8,12,16-18H,9-11,13-15H2,(H,25,27)(H,26,28)/b21-12-. The van der Waals surface area contributed by atoms with Crippen molar-refractivity contribution in [1.82, 2.24) is 10.6 Å². The summed E-state index contributed by atoms with van der Waals surface area (Å²) in [6.07, 6.45) is 9.05. The van der Waals surface area contributed by atoms with Gasteiger partial charge in [-0.15, -0.1) is 11.3 Å². The third-order valence-corrected chi connectivity index (χ3v) is 7.59.